The van der Waals surface area contributed by atoms with Gasteiger partial charge in [0, 0.05) is 0 Å². The van der Waals surface area contributed by atoms with Crippen molar-refractivity contribution in [3.05, 3.63) is 48.5 Å². The van der Waals surface area contributed by atoms with Crippen molar-refractivity contribution in [2.45, 2.75) is 74.5 Å². The summed E-state index contributed by atoms with van der Waals surface area (Å²) in [4.78, 5) is 69.8. The van der Waals surface area contributed by atoms with E-state index in [9.17, 15) is 53.3 Å². The van der Waals surface area contributed by atoms with Crippen molar-refractivity contribution in [3.8, 4) is 0 Å². The van der Waals surface area contributed by atoms with E-state index in [0.29, 0.717) is 12.8 Å². The van der Waals surface area contributed by atoms with Crippen molar-refractivity contribution in [2.24, 2.45) is 0 Å². The SMILES string of the molecule is Nc1ncnc2c1ncn2[C@@H]1O[C@H](CCCc2ccccc2)[C@@H](O[C@H]2O[C@H](CO)[C@@H](OP(=O)(O)O)[C@H](OP(=O)(O)O)[C@H]2O)[C@H]1OP(=O)(O)O. The Morgan fingerprint density at radius 2 is 1.45 bits per heavy atom. The minimum absolute atomic E-state index is 0.0154. The summed E-state index contributed by atoms with van der Waals surface area (Å²) in [5.74, 6) is -0.0154. The molecule has 9 atom stereocenters. The number of nitrogens with zero attached hydrogens (tertiary/aromatic N) is 4. The molecule has 1 aromatic carbocycles. The lowest BCUT2D eigenvalue weighted by atomic mass is 9.98. The predicted octanol–water partition coefficient (Wildman–Crippen LogP) is -0.774. The topological polar surface area (TPSA) is 338 Å². The Labute approximate surface area is 276 Å². The first kappa shape index (κ1) is 37.9. The summed E-state index contributed by atoms with van der Waals surface area (Å²) in [6, 6.07) is 9.27. The van der Waals surface area contributed by atoms with Crippen LogP contribution in [0.5, 0.6) is 0 Å². The van der Waals surface area contributed by atoms with E-state index in [-0.39, 0.29) is 23.4 Å². The summed E-state index contributed by atoms with van der Waals surface area (Å²) in [5.41, 5.74) is 7.07. The van der Waals surface area contributed by atoms with Gasteiger partial charge in [0.15, 0.2) is 24.0 Å². The largest absolute Gasteiger partial charge is 0.470 e. The molecule has 10 N–H and O–H groups in total. The Balaban J connectivity index is 1.52. The molecule has 272 valence electrons. The van der Waals surface area contributed by atoms with E-state index in [4.69, 9.17) is 24.5 Å². The van der Waals surface area contributed by atoms with Crippen LogP contribution in [0.2, 0.25) is 0 Å². The third-order valence-corrected chi connectivity index (χ3v) is 9.16. The highest BCUT2D eigenvalue weighted by molar-refractivity contribution is 7.46. The number of nitrogen functional groups attached to an aromatic ring is 1. The zero-order valence-corrected chi connectivity index (χ0v) is 27.7. The van der Waals surface area contributed by atoms with Gasteiger partial charge in [-0.15, -0.1) is 0 Å². The number of ether oxygens (including phenoxy) is 3. The smallest absolute Gasteiger partial charge is 0.394 e. The van der Waals surface area contributed by atoms with E-state index in [1.54, 1.807) is 0 Å². The fourth-order valence-corrected chi connectivity index (χ4v) is 7.36. The molecule has 2 aliphatic heterocycles. The lowest BCUT2D eigenvalue weighted by molar-refractivity contribution is -0.312. The Kier molecular flexibility index (Phi) is 11.7. The van der Waals surface area contributed by atoms with Gasteiger partial charge in [-0.3, -0.25) is 18.1 Å². The van der Waals surface area contributed by atoms with Gasteiger partial charge in [-0.1, -0.05) is 30.3 Å². The van der Waals surface area contributed by atoms with Crippen molar-refractivity contribution < 1.29 is 81.1 Å². The van der Waals surface area contributed by atoms with Crippen LogP contribution in [0.15, 0.2) is 43.0 Å². The Bertz CT molecular complexity index is 1720. The van der Waals surface area contributed by atoms with Crippen LogP contribution in [0.4, 0.5) is 5.82 Å². The minimum Gasteiger partial charge on any atom is -0.394 e. The summed E-state index contributed by atoms with van der Waals surface area (Å²) >= 11 is 0. The van der Waals surface area contributed by atoms with Crippen LogP contribution in [0, 0.1) is 0 Å². The summed E-state index contributed by atoms with van der Waals surface area (Å²) in [7, 11) is -16.3. The number of aromatic nitrogens is 4. The molecule has 0 saturated carbocycles. The number of nitrogens with two attached hydrogens (primary N) is 1. The summed E-state index contributed by atoms with van der Waals surface area (Å²) in [5, 5.41) is 21.2. The lowest BCUT2D eigenvalue weighted by Gasteiger charge is -2.44. The van der Waals surface area contributed by atoms with Crippen molar-refractivity contribution >= 4 is 40.4 Å². The maximum atomic E-state index is 12.3. The zero-order valence-electron chi connectivity index (χ0n) is 25.0. The van der Waals surface area contributed by atoms with Crippen LogP contribution in [-0.4, -0.2) is 115 Å². The first-order valence-electron chi connectivity index (χ1n) is 14.4. The standard InChI is InChI=1S/C24H34N5O17P3/c25-21-15-22(27-10-26-21)29(11-28-15)23-20(46-49(38,39)40)17(13(41-23)8-4-7-12-5-2-1-3-6-12)43-24-16(31)19(45-48(35,36)37)18(14(9-30)42-24)44-47(32,33)34/h1-3,5-6,10-11,13-14,16-20,23-24,30-31H,4,7-9H2,(H2,25,26,27)(H2,32,33,34)(H2,35,36,37)(H2,38,39,40)/t13-,14-,16-,17-,18-,19-,20-,23-,24-/m1/s1. The third kappa shape index (κ3) is 9.53. The van der Waals surface area contributed by atoms with Gasteiger partial charge in [-0.25, -0.2) is 28.6 Å². The summed E-state index contributed by atoms with van der Waals surface area (Å²) < 4.78 is 69.2. The first-order valence-corrected chi connectivity index (χ1v) is 19.0. The number of phosphoric ester groups is 3. The molecule has 2 aliphatic rings. The van der Waals surface area contributed by atoms with Crippen LogP contribution in [0.3, 0.4) is 0 Å². The van der Waals surface area contributed by atoms with Crippen LogP contribution < -0.4 is 5.73 Å². The molecule has 25 heteroatoms. The first-order chi connectivity index (χ1) is 22.9. The molecule has 0 bridgehead atoms. The monoisotopic (exact) mass is 757 g/mol. The van der Waals surface area contributed by atoms with Crippen molar-refractivity contribution in [3.63, 3.8) is 0 Å². The second-order valence-electron chi connectivity index (χ2n) is 11.0. The van der Waals surface area contributed by atoms with Gasteiger partial charge in [-0.2, -0.15) is 0 Å². The van der Waals surface area contributed by atoms with E-state index in [0.717, 1.165) is 11.9 Å². The van der Waals surface area contributed by atoms with Crippen molar-refractivity contribution in [1.29, 1.82) is 0 Å². The van der Waals surface area contributed by atoms with Crippen LogP contribution in [0.1, 0.15) is 24.6 Å². The molecule has 0 spiro atoms. The van der Waals surface area contributed by atoms with Gasteiger partial charge < -0.3 is 59.5 Å². The number of hydrogen-bond acceptors (Lipinski definition) is 15. The molecule has 3 aromatic rings. The molecule has 2 fully saturated rings. The Morgan fingerprint density at radius 3 is 2.08 bits per heavy atom. The average molecular weight is 757 g/mol. The maximum absolute atomic E-state index is 12.3. The Morgan fingerprint density at radius 1 is 0.816 bits per heavy atom. The molecule has 0 amide bonds. The molecule has 5 rings (SSSR count). The fraction of sp³-hybridized carbons (Fsp3) is 0.542. The number of benzene rings is 1. The second-order valence-corrected chi connectivity index (χ2v) is 14.6. The van der Waals surface area contributed by atoms with E-state index in [2.05, 4.69) is 24.0 Å². The highest BCUT2D eigenvalue weighted by atomic mass is 31.2. The molecule has 0 radical (unpaired) electrons. The summed E-state index contributed by atoms with van der Waals surface area (Å²) in [6.07, 6.45) is -13.0. The fourth-order valence-electron chi connectivity index (χ4n) is 5.68. The van der Waals surface area contributed by atoms with E-state index in [1.807, 2.05) is 30.3 Å². The highest BCUT2D eigenvalue weighted by Gasteiger charge is 2.56. The van der Waals surface area contributed by atoms with Crippen LogP contribution >= 0.6 is 23.5 Å². The van der Waals surface area contributed by atoms with Gasteiger partial charge in [0.25, 0.3) is 0 Å². The molecule has 4 heterocycles. The molecule has 2 saturated heterocycles. The minimum atomic E-state index is -5.51. The van der Waals surface area contributed by atoms with Gasteiger partial charge >= 0.3 is 23.5 Å². The number of hydrogen-bond donors (Lipinski definition) is 9. The number of imidazole rings is 1. The lowest BCUT2D eigenvalue weighted by Crippen LogP contribution is -2.61. The number of fused-ring (bicyclic) bond motifs is 1. The van der Waals surface area contributed by atoms with Crippen LogP contribution in [0.25, 0.3) is 11.2 Å². The van der Waals surface area contributed by atoms with Crippen molar-refractivity contribution in [2.75, 3.05) is 12.3 Å². The van der Waals surface area contributed by atoms with E-state index < -0.39 is 85.3 Å². The molecule has 49 heavy (non-hydrogen) atoms. The second kappa shape index (κ2) is 15.1. The number of aryl methyl sites for hydroxylation is 1. The molecule has 2 aromatic heterocycles. The normalized spacial score (nSPS) is 29.8. The number of phosphoric acid groups is 3. The third-order valence-electron chi connectivity index (χ3n) is 7.61. The Hall–Kier alpha value is -2.30. The van der Waals surface area contributed by atoms with Gasteiger partial charge in [0.1, 0.15) is 48.5 Å². The highest BCUT2D eigenvalue weighted by Crippen LogP contribution is 2.49. The molecular weight excluding hydrogens is 723 g/mol. The number of aliphatic hydroxyl groups excluding tert-OH is 2. The number of rotatable bonds is 14. The van der Waals surface area contributed by atoms with Gasteiger partial charge in [0.05, 0.1) is 19.0 Å². The molecule has 0 unspecified atom stereocenters. The van der Waals surface area contributed by atoms with Gasteiger partial charge in [0.2, 0.25) is 0 Å². The summed E-state index contributed by atoms with van der Waals surface area (Å²) in [6.45, 7) is -1.09. The maximum Gasteiger partial charge on any atom is 0.470 e. The average Bonchev–Trinajstić information content (AvgIpc) is 3.57. The van der Waals surface area contributed by atoms with Crippen molar-refractivity contribution in [1.82, 2.24) is 19.5 Å². The quantitative estimate of drug-likeness (QED) is 0.0911. The molecular formula is C24H34N5O17P3. The van der Waals surface area contributed by atoms with E-state index in [1.165, 1.54) is 10.9 Å². The van der Waals surface area contributed by atoms with E-state index >= 15 is 0 Å². The number of anilines is 1. The predicted molar refractivity (Wildman–Crippen MR) is 160 cm³/mol. The molecule has 0 aliphatic carbocycles. The number of aliphatic hydroxyl groups is 2. The zero-order chi connectivity index (χ0) is 35.7. The van der Waals surface area contributed by atoms with Gasteiger partial charge in [-0.05, 0) is 24.8 Å². The van der Waals surface area contributed by atoms with Crippen LogP contribution in [-0.2, 0) is 47.9 Å². The molecule has 22 nitrogen and oxygen atoms in total.